The molecule has 3 aromatic rings. The van der Waals surface area contributed by atoms with Crippen molar-refractivity contribution in [3.63, 3.8) is 0 Å². The van der Waals surface area contributed by atoms with Crippen molar-refractivity contribution in [2.75, 3.05) is 5.32 Å². The third-order valence-electron chi connectivity index (χ3n) is 5.00. The van der Waals surface area contributed by atoms with Crippen molar-refractivity contribution in [2.24, 2.45) is 21.1 Å². The highest BCUT2D eigenvalue weighted by Crippen LogP contribution is 2.40. The van der Waals surface area contributed by atoms with Gasteiger partial charge in [0.2, 0.25) is 0 Å². The number of aromatic nitrogens is 5. The second kappa shape index (κ2) is 5.90. The number of fused-ring (bicyclic) bond motifs is 1. The molecule has 3 aromatic heterocycles. The van der Waals surface area contributed by atoms with E-state index in [0.717, 1.165) is 23.1 Å². The summed E-state index contributed by atoms with van der Waals surface area (Å²) in [7, 11) is 4.69. The Kier molecular flexibility index (Phi) is 3.76. The number of pyridine rings is 1. The molecule has 1 aliphatic rings. The summed E-state index contributed by atoms with van der Waals surface area (Å²) in [6.07, 6.45) is 2.11. The van der Waals surface area contributed by atoms with Crippen LogP contribution in [0.5, 0.6) is 0 Å². The monoisotopic (exact) mass is 368 g/mol. The first-order chi connectivity index (χ1) is 12.8. The summed E-state index contributed by atoms with van der Waals surface area (Å²) in [6.45, 7) is 1.83. The maximum atomic E-state index is 13.0. The van der Waals surface area contributed by atoms with Gasteiger partial charge in [0.15, 0.2) is 5.65 Å². The molecular weight excluding hydrogens is 348 g/mol. The summed E-state index contributed by atoms with van der Waals surface area (Å²) in [6, 6.07) is 3.03. The molecule has 1 aliphatic carbocycles. The van der Waals surface area contributed by atoms with E-state index < -0.39 is 17.2 Å². The number of nitrogens with zero attached hydrogens (tertiary/aromatic N) is 5. The van der Waals surface area contributed by atoms with Crippen molar-refractivity contribution in [3.05, 3.63) is 49.9 Å². The Balaban J connectivity index is 1.84. The van der Waals surface area contributed by atoms with Crippen molar-refractivity contribution in [1.82, 2.24) is 23.9 Å². The highest BCUT2D eigenvalue weighted by molar-refractivity contribution is 6.12. The molecule has 0 aromatic carbocycles. The van der Waals surface area contributed by atoms with Gasteiger partial charge < -0.3 is 5.32 Å². The standard InChI is InChI=1S/C18H20N6O3/c1-9-15-11(7-12(10-5-6-10)19-16(15)24(4)21-9)17(26)20-13-8-14(25)23(3)18(27)22(13)2/h7-8,10H,5-6H2,1-4H3,(H,20,26). The number of aryl methyl sites for hydroxylation is 2. The molecule has 0 saturated heterocycles. The Morgan fingerprint density at radius 1 is 1.15 bits per heavy atom. The summed E-state index contributed by atoms with van der Waals surface area (Å²) >= 11 is 0. The molecule has 1 saturated carbocycles. The van der Waals surface area contributed by atoms with Crippen LogP contribution in [0.4, 0.5) is 5.82 Å². The van der Waals surface area contributed by atoms with Crippen molar-refractivity contribution in [1.29, 1.82) is 0 Å². The van der Waals surface area contributed by atoms with Gasteiger partial charge >= 0.3 is 5.69 Å². The van der Waals surface area contributed by atoms with Crippen molar-refractivity contribution in [3.8, 4) is 0 Å². The average Bonchev–Trinajstić information content (AvgIpc) is 3.44. The number of nitrogens with one attached hydrogen (secondary N) is 1. The zero-order valence-corrected chi connectivity index (χ0v) is 15.6. The lowest BCUT2D eigenvalue weighted by molar-refractivity contribution is 0.102. The molecule has 0 radical (unpaired) electrons. The largest absolute Gasteiger partial charge is 0.332 e. The molecule has 1 fully saturated rings. The van der Waals surface area contributed by atoms with Crippen LogP contribution in [0.2, 0.25) is 0 Å². The zero-order valence-electron chi connectivity index (χ0n) is 15.6. The molecule has 4 rings (SSSR count). The second-order valence-electron chi connectivity index (χ2n) is 7.00. The topological polar surface area (TPSA) is 104 Å². The molecule has 9 nitrogen and oxygen atoms in total. The van der Waals surface area contributed by atoms with Gasteiger partial charge in [-0.05, 0) is 25.8 Å². The van der Waals surface area contributed by atoms with Gasteiger partial charge in [0.25, 0.3) is 11.5 Å². The van der Waals surface area contributed by atoms with Gasteiger partial charge in [-0.3, -0.25) is 23.4 Å². The minimum atomic E-state index is -0.506. The fraction of sp³-hybridized carbons (Fsp3) is 0.389. The number of hydrogen-bond acceptors (Lipinski definition) is 5. The molecule has 1 N–H and O–H groups in total. The van der Waals surface area contributed by atoms with Crippen LogP contribution in [-0.4, -0.2) is 29.8 Å². The van der Waals surface area contributed by atoms with E-state index in [0.29, 0.717) is 28.2 Å². The summed E-state index contributed by atoms with van der Waals surface area (Å²) in [5.41, 5.74) is 1.68. The smallest absolute Gasteiger partial charge is 0.308 e. The van der Waals surface area contributed by atoms with Crippen LogP contribution in [0, 0.1) is 6.92 Å². The molecule has 27 heavy (non-hydrogen) atoms. The average molecular weight is 368 g/mol. The highest BCUT2D eigenvalue weighted by Gasteiger charge is 2.28. The lowest BCUT2D eigenvalue weighted by Gasteiger charge is -2.12. The minimum Gasteiger partial charge on any atom is -0.308 e. The van der Waals surface area contributed by atoms with Crippen molar-refractivity contribution >= 4 is 22.8 Å². The van der Waals surface area contributed by atoms with E-state index in [1.165, 1.54) is 24.7 Å². The van der Waals surface area contributed by atoms with E-state index in [4.69, 9.17) is 0 Å². The number of amides is 1. The molecule has 1 amide bonds. The van der Waals surface area contributed by atoms with Gasteiger partial charge in [0.1, 0.15) is 5.82 Å². The summed E-state index contributed by atoms with van der Waals surface area (Å²) in [4.78, 5) is 41.7. The van der Waals surface area contributed by atoms with E-state index >= 15 is 0 Å². The summed E-state index contributed by atoms with van der Waals surface area (Å²) in [5, 5.41) is 7.75. The van der Waals surface area contributed by atoms with E-state index in [9.17, 15) is 14.4 Å². The SMILES string of the molecule is Cc1nn(C)c2nc(C3CC3)cc(C(=O)Nc3cc(=O)n(C)c(=O)n3C)c12. The molecule has 0 bridgehead atoms. The first-order valence-electron chi connectivity index (χ1n) is 8.70. The first kappa shape index (κ1) is 17.2. The van der Waals surface area contributed by atoms with E-state index in [-0.39, 0.29) is 5.82 Å². The predicted molar refractivity (Wildman–Crippen MR) is 100 cm³/mol. The minimum absolute atomic E-state index is 0.146. The normalized spacial score (nSPS) is 13.9. The number of carbonyl (C=O) groups is 1. The van der Waals surface area contributed by atoms with Gasteiger partial charge in [-0.15, -0.1) is 0 Å². The number of hydrogen-bond donors (Lipinski definition) is 1. The molecule has 0 spiro atoms. The maximum absolute atomic E-state index is 13.0. The fourth-order valence-corrected chi connectivity index (χ4v) is 3.27. The van der Waals surface area contributed by atoms with Gasteiger partial charge in [0.05, 0.1) is 16.6 Å². The summed E-state index contributed by atoms with van der Waals surface area (Å²) < 4.78 is 3.88. The number of carbonyl (C=O) groups excluding carboxylic acids is 1. The van der Waals surface area contributed by atoms with Crippen molar-refractivity contribution in [2.45, 2.75) is 25.7 Å². The Morgan fingerprint density at radius 3 is 2.52 bits per heavy atom. The molecule has 3 heterocycles. The van der Waals surface area contributed by atoms with Gasteiger partial charge in [-0.25, -0.2) is 9.78 Å². The highest BCUT2D eigenvalue weighted by atomic mass is 16.2. The molecule has 0 aliphatic heterocycles. The first-order valence-corrected chi connectivity index (χ1v) is 8.70. The molecule has 9 heteroatoms. The van der Waals surface area contributed by atoms with Crippen LogP contribution >= 0.6 is 0 Å². The van der Waals surface area contributed by atoms with Crippen LogP contribution in [-0.2, 0) is 21.1 Å². The third-order valence-corrected chi connectivity index (χ3v) is 5.00. The van der Waals surface area contributed by atoms with Gasteiger partial charge in [-0.2, -0.15) is 5.10 Å². The lowest BCUT2D eigenvalue weighted by atomic mass is 10.1. The van der Waals surface area contributed by atoms with Gasteiger partial charge in [0, 0.05) is 38.8 Å². The summed E-state index contributed by atoms with van der Waals surface area (Å²) in [5.74, 6) is 0.112. The fourth-order valence-electron chi connectivity index (χ4n) is 3.27. The molecular formula is C18H20N6O3. The number of anilines is 1. The zero-order chi connectivity index (χ0) is 19.5. The van der Waals surface area contributed by atoms with Crippen LogP contribution in [0.3, 0.4) is 0 Å². The Morgan fingerprint density at radius 2 is 1.85 bits per heavy atom. The predicted octanol–water partition coefficient (Wildman–Crippen LogP) is 0.804. The molecule has 0 atom stereocenters. The van der Waals surface area contributed by atoms with Crippen LogP contribution in [0.25, 0.3) is 11.0 Å². The Bertz CT molecular complexity index is 1210. The van der Waals surface area contributed by atoms with Crippen molar-refractivity contribution < 1.29 is 4.79 Å². The van der Waals surface area contributed by atoms with Crippen LogP contribution in [0.15, 0.2) is 21.7 Å². The maximum Gasteiger partial charge on any atom is 0.332 e. The van der Waals surface area contributed by atoms with Gasteiger partial charge in [-0.1, -0.05) is 0 Å². The van der Waals surface area contributed by atoms with E-state index in [2.05, 4.69) is 15.4 Å². The second-order valence-corrected chi connectivity index (χ2v) is 7.00. The Hall–Kier alpha value is -3.23. The van der Waals surface area contributed by atoms with Crippen LogP contribution in [0.1, 0.15) is 40.5 Å². The number of rotatable bonds is 3. The lowest BCUT2D eigenvalue weighted by Crippen LogP contribution is -2.38. The van der Waals surface area contributed by atoms with E-state index in [1.807, 2.05) is 6.92 Å². The molecule has 0 unspecified atom stereocenters. The quantitative estimate of drug-likeness (QED) is 0.737. The third kappa shape index (κ3) is 2.75. The molecule has 140 valence electrons. The van der Waals surface area contributed by atoms with Crippen LogP contribution < -0.4 is 16.6 Å². The Labute approximate surface area is 154 Å². The van der Waals surface area contributed by atoms with E-state index in [1.54, 1.807) is 17.8 Å².